The van der Waals surface area contributed by atoms with Gasteiger partial charge in [0.05, 0.1) is 11.6 Å². The lowest BCUT2D eigenvalue weighted by Gasteiger charge is -2.20. The first-order valence-electron chi connectivity index (χ1n) is 5.96. The molecule has 0 aromatic carbocycles. The van der Waals surface area contributed by atoms with Gasteiger partial charge in [-0.1, -0.05) is 38.0 Å². The fraction of sp³-hybridized carbons (Fsp3) is 0.429. The maximum Gasteiger partial charge on any atom is 0.170 e. The average molecular weight is 215 g/mol. The number of hydrogen-bond acceptors (Lipinski definition) is 2. The van der Waals surface area contributed by atoms with E-state index in [1.807, 2.05) is 12.2 Å². The van der Waals surface area contributed by atoms with Gasteiger partial charge in [0, 0.05) is 11.8 Å². The summed E-state index contributed by atoms with van der Waals surface area (Å²) >= 11 is 0. The monoisotopic (exact) mass is 215 g/mol. The molecule has 84 valence electrons. The lowest BCUT2D eigenvalue weighted by molar-refractivity contribution is -0.115. The zero-order chi connectivity index (χ0) is 11.5. The molecular formula is C14H17NO. The molecule has 0 aromatic heterocycles. The lowest BCUT2D eigenvalue weighted by Crippen LogP contribution is -2.25. The van der Waals surface area contributed by atoms with Crippen LogP contribution in [0.5, 0.6) is 0 Å². The Morgan fingerprint density at radius 3 is 2.81 bits per heavy atom. The second-order valence-corrected chi connectivity index (χ2v) is 4.23. The molecule has 2 rings (SSSR count). The molecule has 0 fully saturated rings. The first kappa shape index (κ1) is 11.1. The molecule has 0 bridgehead atoms. The highest BCUT2D eigenvalue weighted by molar-refractivity contribution is 6.18. The molecule has 0 saturated heterocycles. The summed E-state index contributed by atoms with van der Waals surface area (Å²) in [6.07, 6.45) is 10.7. The molecule has 1 atom stereocenters. The van der Waals surface area contributed by atoms with Crippen molar-refractivity contribution in [2.45, 2.75) is 33.1 Å². The molecular weight excluding hydrogens is 198 g/mol. The van der Waals surface area contributed by atoms with E-state index >= 15 is 0 Å². The number of nitrogens with zero attached hydrogens (tertiary/aromatic N) is 1. The summed E-state index contributed by atoms with van der Waals surface area (Å²) in [5, 5.41) is 0. The van der Waals surface area contributed by atoms with E-state index in [-0.39, 0.29) is 11.7 Å². The van der Waals surface area contributed by atoms with Crippen molar-refractivity contribution in [1.82, 2.24) is 0 Å². The van der Waals surface area contributed by atoms with E-state index < -0.39 is 0 Å². The highest BCUT2D eigenvalue weighted by Crippen LogP contribution is 2.24. The predicted molar refractivity (Wildman–Crippen MR) is 66.4 cm³/mol. The highest BCUT2D eigenvalue weighted by atomic mass is 16.1. The van der Waals surface area contributed by atoms with Crippen molar-refractivity contribution in [3.05, 3.63) is 35.6 Å². The van der Waals surface area contributed by atoms with Gasteiger partial charge in [-0.05, 0) is 18.9 Å². The minimum absolute atomic E-state index is 0.124. The van der Waals surface area contributed by atoms with Crippen LogP contribution in [0, 0.1) is 5.92 Å². The van der Waals surface area contributed by atoms with Crippen molar-refractivity contribution in [2.24, 2.45) is 10.9 Å². The minimum Gasteiger partial charge on any atom is -0.294 e. The number of carbonyl (C=O) groups excluding carboxylic acids is 1. The van der Waals surface area contributed by atoms with E-state index in [1.165, 1.54) is 5.57 Å². The third-order valence-electron chi connectivity index (χ3n) is 2.97. The smallest absolute Gasteiger partial charge is 0.170 e. The van der Waals surface area contributed by atoms with Gasteiger partial charge in [0.2, 0.25) is 0 Å². The normalized spacial score (nSPS) is 23.5. The molecule has 2 nitrogen and oxygen atoms in total. The van der Waals surface area contributed by atoms with Crippen LogP contribution < -0.4 is 0 Å². The molecule has 2 aliphatic rings. The van der Waals surface area contributed by atoms with Gasteiger partial charge in [0.15, 0.2) is 5.78 Å². The number of rotatable bonds is 3. The first-order chi connectivity index (χ1) is 7.74. The Kier molecular flexibility index (Phi) is 3.18. The van der Waals surface area contributed by atoms with E-state index in [4.69, 9.17) is 0 Å². The van der Waals surface area contributed by atoms with Gasteiger partial charge in [-0.2, -0.15) is 0 Å². The standard InChI is InChI=1S/C14H17NO/c1-3-5-11-9-14(16)12-8-10(4-2)6-7-13(12)15-11/h6-9,12H,3-5H2,1-2H3. The Hall–Kier alpha value is -1.44. The van der Waals surface area contributed by atoms with Gasteiger partial charge in [-0.15, -0.1) is 0 Å². The van der Waals surface area contributed by atoms with Gasteiger partial charge in [0.25, 0.3) is 0 Å². The summed E-state index contributed by atoms with van der Waals surface area (Å²) < 4.78 is 0. The third-order valence-corrected chi connectivity index (χ3v) is 2.97. The molecule has 0 spiro atoms. The van der Waals surface area contributed by atoms with Crippen LogP contribution in [0.15, 0.2) is 40.6 Å². The Balaban J connectivity index is 2.27. The maximum atomic E-state index is 11.9. The SMILES string of the molecule is CCCC1=CC(=O)C2C=C(CC)C=CC2=N1. The van der Waals surface area contributed by atoms with Gasteiger partial charge in [0.1, 0.15) is 0 Å². The number of aliphatic imine (C=N–C) groups is 1. The Morgan fingerprint density at radius 2 is 2.12 bits per heavy atom. The molecule has 0 N–H and O–H groups in total. The van der Waals surface area contributed by atoms with Gasteiger partial charge >= 0.3 is 0 Å². The predicted octanol–water partition coefficient (Wildman–Crippen LogP) is 3.22. The van der Waals surface area contributed by atoms with Gasteiger partial charge in [-0.3, -0.25) is 9.79 Å². The number of carbonyl (C=O) groups is 1. The molecule has 0 radical (unpaired) electrons. The van der Waals surface area contributed by atoms with Crippen molar-refractivity contribution < 1.29 is 4.79 Å². The Morgan fingerprint density at radius 1 is 1.31 bits per heavy atom. The maximum absolute atomic E-state index is 11.9. The van der Waals surface area contributed by atoms with Crippen molar-refractivity contribution >= 4 is 11.5 Å². The topological polar surface area (TPSA) is 29.4 Å². The fourth-order valence-corrected chi connectivity index (χ4v) is 2.06. The van der Waals surface area contributed by atoms with Crippen LogP contribution in [-0.2, 0) is 4.79 Å². The molecule has 1 aliphatic carbocycles. The van der Waals surface area contributed by atoms with E-state index in [0.29, 0.717) is 0 Å². The van der Waals surface area contributed by atoms with Crippen LogP contribution in [0.3, 0.4) is 0 Å². The zero-order valence-electron chi connectivity index (χ0n) is 9.86. The van der Waals surface area contributed by atoms with E-state index in [9.17, 15) is 4.79 Å². The Labute approximate surface area is 96.5 Å². The zero-order valence-corrected chi connectivity index (χ0v) is 9.86. The molecule has 0 aromatic rings. The van der Waals surface area contributed by atoms with Crippen LogP contribution >= 0.6 is 0 Å². The van der Waals surface area contributed by atoms with Crippen molar-refractivity contribution in [3.8, 4) is 0 Å². The van der Waals surface area contributed by atoms with Crippen LogP contribution in [-0.4, -0.2) is 11.5 Å². The number of ketones is 1. The van der Waals surface area contributed by atoms with E-state index in [1.54, 1.807) is 6.08 Å². The summed E-state index contributed by atoms with van der Waals surface area (Å²) in [4.78, 5) is 16.5. The highest BCUT2D eigenvalue weighted by Gasteiger charge is 2.25. The summed E-state index contributed by atoms with van der Waals surface area (Å²) in [6, 6.07) is 0. The molecule has 1 unspecified atom stereocenters. The molecule has 0 amide bonds. The van der Waals surface area contributed by atoms with Gasteiger partial charge in [-0.25, -0.2) is 0 Å². The van der Waals surface area contributed by atoms with Crippen LogP contribution in [0.2, 0.25) is 0 Å². The molecule has 1 heterocycles. The second-order valence-electron chi connectivity index (χ2n) is 4.23. The quantitative estimate of drug-likeness (QED) is 0.710. The first-order valence-corrected chi connectivity index (χ1v) is 5.96. The van der Waals surface area contributed by atoms with Crippen LogP contribution in [0.25, 0.3) is 0 Å². The average Bonchev–Trinajstić information content (AvgIpc) is 2.29. The van der Waals surface area contributed by atoms with E-state index in [2.05, 4.69) is 24.9 Å². The van der Waals surface area contributed by atoms with Crippen LogP contribution in [0.4, 0.5) is 0 Å². The van der Waals surface area contributed by atoms with E-state index in [0.717, 1.165) is 30.7 Å². The summed E-state index contributed by atoms with van der Waals surface area (Å²) in [5.41, 5.74) is 3.06. The largest absolute Gasteiger partial charge is 0.294 e. The molecule has 2 heteroatoms. The number of fused-ring (bicyclic) bond motifs is 1. The second kappa shape index (κ2) is 4.60. The molecule has 16 heavy (non-hydrogen) atoms. The van der Waals surface area contributed by atoms with Gasteiger partial charge < -0.3 is 0 Å². The van der Waals surface area contributed by atoms with Crippen molar-refractivity contribution in [1.29, 1.82) is 0 Å². The molecule has 0 saturated carbocycles. The third kappa shape index (κ3) is 2.06. The number of hydrogen-bond donors (Lipinski definition) is 0. The summed E-state index contributed by atoms with van der Waals surface area (Å²) in [7, 11) is 0. The molecule has 1 aliphatic heterocycles. The summed E-state index contributed by atoms with van der Waals surface area (Å²) in [6.45, 7) is 4.20. The Bertz CT molecular complexity index is 424. The van der Waals surface area contributed by atoms with Crippen molar-refractivity contribution in [2.75, 3.05) is 0 Å². The number of allylic oxidation sites excluding steroid dienone is 6. The minimum atomic E-state index is -0.124. The fourth-order valence-electron chi connectivity index (χ4n) is 2.06. The lowest BCUT2D eigenvalue weighted by atomic mass is 9.87. The van der Waals surface area contributed by atoms with Crippen molar-refractivity contribution in [3.63, 3.8) is 0 Å². The van der Waals surface area contributed by atoms with Crippen LogP contribution in [0.1, 0.15) is 33.1 Å². The summed E-state index contributed by atoms with van der Waals surface area (Å²) in [5.74, 6) is 0.0595.